The van der Waals surface area contributed by atoms with Crippen molar-refractivity contribution in [3.8, 4) is 11.5 Å². The van der Waals surface area contributed by atoms with Crippen molar-refractivity contribution < 1.29 is 18.7 Å². The molecule has 0 aliphatic rings. The Morgan fingerprint density at radius 1 is 1.14 bits per heavy atom. The molecule has 2 aromatic carbocycles. The van der Waals surface area contributed by atoms with E-state index in [1.807, 2.05) is 0 Å². The van der Waals surface area contributed by atoms with Crippen LogP contribution < -0.4 is 20.5 Å². The highest BCUT2D eigenvalue weighted by molar-refractivity contribution is 6.09. The van der Waals surface area contributed by atoms with Gasteiger partial charge in [-0.05, 0) is 30.3 Å². The van der Waals surface area contributed by atoms with E-state index in [1.54, 1.807) is 18.2 Å². The lowest BCUT2D eigenvalue weighted by molar-refractivity contribution is 0.102. The molecule has 0 radical (unpaired) electrons. The molecule has 0 atom stereocenters. The van der Waals surface area contributed by atoms with E-state index in [1.165, 1.54) is 26.4 Å². The van der Waals surface area contributed by atoms with E-state index < -0.39 is 11.7 Å². The Balaban J connectivity index is 2.36. The first-order valence-electron chi connectivity index (χ1n) is 6.14. The van der Waals surface area contributed by atoms with Gasteiger partial charge in [0.1, 0.15) is 22.9 Å². The van der Waals surface area contributed by atoms with E-state index in [0.29, 0.717) is 17.2 Å². The molecule has 1 amide bonds. The molecule has 2 rings (SSSR count). The number of ether oxygens (including phenoxy) is 2. The molecule has 0 saturated carbocycles. The van der Waals surface area contributed by atoms with Gasteiger partial charge < -0.3 is 20.5 Å². The van der Waals surface area contributed by atoms with Crippen LogP contribution in [0.25, 0.3) is 0 Å². The minimum atomic E-state index is -0.472. The van der Waals surface area contributed by atoms with Crippen molar-refractivity contribution in [2.45, 2.75) is 0 Å². The quantitative estimate of drug-likeness (QED) is 0.849. The highest BCUT2D eigenvalue weighted by Gasteiger charge is 2.19. The molecule has 0 aromatic heterocycles. The molecule has 0 spiro atoms. The van der Waals surface area contributed by atoms with Crippen molar-refractivity contribution in [2.24, 2.45) is 0 Å². The Morgan fingerprint density at radius 3 is 2.29 bits per heavy atom. The number of methoxy groups -OCH3 is 2. The molecular weight excluding hydrogens is 275 g/mol. The molecule has 2 aromatic rings. The largest absolute Gasteiger partial charge is 0.496 e. The molecule has 6 heteroatoms. The lowest BCUT2D eigenvalue weighted by Gasteiger charge is -2.13. The van der Waals surface area contributed by atoms with Crippen LogP contribution in [-0.4, -0.2) is 20.1 Å². The number of amides is 1. The zero-order valence-corrected chi connectivity index (χ0v) is 11.6. The van der Waals surface area contributed by atoms with Gasteiger partial charge in [0.2, 0.25) is 0 Å². The minimum absolute atomic E-state index is 0.136. The zero-order chi connectivity index (χ0) is 15.4. The summed E-state index contributed by atoms with van der Waals surface area (Å²) in [6.45, 7) is 0. The summed E-state index contributed by atoms with van der Waals surface area (Å²) in [5.41, 5.74) is 6.36. The van der Waals surface area contributed by atoms with E-state index in [2.05, 4.69) is 5.32 Å². The fourth-order valence-corrected chi connectivity index (χ4v) is 1.91. The van der Waals surface area contributed by atoms with Crippen molar-refractivity contribution in [3.63, 3.8) is 0 Å². The number of hydrogen-bond donors (Lipinski definition) is 2. The Morgan fingerprint density at radius 2 is 1.76 bits per heavy atom. The van der Waals surface area contributed by atoms with E-state index in [0.717, 1.165) is 6.07 Å². The molecule has 110 valence electrons. The average molecular weight is 290 g/mol. The summed E-state index contributed by atoms with van der Waals surface area (Å²) < 4.78 is 23.3. The molecule has 0 aliphatic heterocycles. The maximum absolute atomic E-state index is 13.0. The monoisotopic (exact) mass is 290 g/mol. The SMILES string of the molecule is COc1cccc(OC)c1C(=O)Nc1ccc(F)cc1N. The van der Waals surface area contributed by atoms with Crippen LogP contribution in [0.1, 0.15) is 10.4 Å². The van der Waals surface area contributed by atoms with Crippen molar-refractivity contribution in [1.29, 1.82) is 0 Å². The number of anilines is 2. The molecule has 0 aliphatic carbocycles. The molecule has 5 nitrogen and oxygen atoms in total. The third kappa shape index (κ3) is 3.05. The van der Waals surface area contributed by atoms with Crippen molar-refractivity contribution >= 4 is 17.3 Å². The van der Waals surface area contributed by atoms with Gasteiger partial charge in [0.05, 0.1) is 25.6 Å². The van der Waals surface area contributed by atoms with Gasteiger partial charge in [-0.25, -0.2) is 4.39 Å². The summed E-state index contributed by atoms with van der Waals surface area (Å²) in [5, 5.41) is 2.61. The van der Waals surface area contributed by atoms with Crippen LogP contribution in [0.4, 0.5) is 15.8 Å². The third-order valence-electron chi connectivity index (χ3n) is 2.92. The van der Waals surface area contributed by atoms with E-state index in [-0.39, 0.29) is 11.3 Å². The number of nitrogen functional groups attached to an aromatic ring is 1. The first kappa shape index (κ1) is 14.6. The van der Waals surface area contributed by atoms with Gasteiger partial charge in [0.25, 0.3) is 5.91 Å². The van der Waals surface area contributed by atoms with Crippen molar-refractivity contribution in [3.05, 3.63) is 47.8 Å². The fraction of sp³-hybridized carbons (Fsp3) is 0.133. The Labute approximate surface area is 121 Å². The highest BCUT2D eigenvalue weighted by Crippen LogP contribution is 2.30. The average Bonchev–Trinajstić information content (AvgIpc) is 2.49. The third-order valence-corrected chi connectivity index (χ3v) is 2.92. The van der Waals surface area contributed by atoms with Crippen LogP contribution in [0.2, 0.25) is 0 Å². The molecule has 0 heterocycles. The van der Waals surface area contributed by atoms with Gasteiger partial charge in [-0.2, -0.15) is 0 Å². The maximum Gasteiger partial charge on any atom is 0.263 e. The summed E-state index contributed by atoms with van der Waals surface area (Å²) in [7, 11) is 2.91. The van der Waals surface area contributed by atoms with Gasteiger partial charge in [0, 0.05) is 0 Å². The smallest absolute Gasteiger partial charge is 0.263 e. The van der Waals surface area contributed by atoms with Crippen LogP contribution in [0.5, 0.6) is 11.5 Å². The topological polar surface area (TPSA) is 73.6 Å². The number of carbonyl (C=O) groups excluding carboxylic acids is 1. The molecule has 0 unspecified atom stereocenters. The number of carbonyl (C=O) groups is 1. The molecular formula is C15H15FN2O3. The molecule has 3 N–H and O–H groups in total. The number of rotatable bonds is 4. The van der Waals surface area contributed by atoms with Crippen LogP contribution in [0.3, 0.4) is 0 Å². The zero-order valence-electron chi connectivity index (χ0n) is 11.6. The predicted octanol–water partition coefficient (Wildman–Crippen LogP) is 2.68. The van der Waals surface area contributed by atoms with Gasteiger partial charge in [0.15, 0.2) is 0 Å². The van der Waals surface area contributed by atoms with Crippen molar-refractivity contribution in [1.82, 2.24) is 0 Å². The summed E-state index contributed by atoms with van der Waals surface area (Å²) in [5.74, 6) is -0.192. The Bertz CT molecular complexity index is 652. The summed E-state index contributed by atoms with van der Waals surface area (Å²) in [6.07, 6.45) is 0. The van der Waals surface area contributed by atoms with Gasteiger partial charge in [-0.1, -0.05) is 6.07 Å². The molecule has 21 heavy (non-hydrogen) atoms. The molecule has 0 saturated heterocycles. The lowest BCUT2D eigenvalue weighted by Crippen LogP contribution is -2.15. The van der Waals surface area contributed by atoms with Gasteiger partial charge >= 0.3 is 0 Å². The number of halogens is 1. The minimum Gasteiger partial charge on any atom is -0.496 e. The van der Waals surface area contributed by atoms with Crippen molar-refractivity contribution in [2.75, 3.05) is 25.3 Å². The van der Waals surface area contributed by atoms with Crippen LogP contribution in [0.15, 0.2) is 36.4 Å². The standard InChI is InChI=1S/C15H15FN2O3/c1-20-12-4-3-5-13(21-2)14(12)15(19)18-11-7-6-9(16)8-10(11)17/h3-8H,17H2,1-2H3,(H,18,19). The predicted molar refractivity (Wildman–Crippen MR) is 78.3 cm³/mol. The molecule has 0 bridgehead atoms. The number of hydrogen-bond acceptors (Lipinski definition) is 4. The van der Waals surface area contributed by atoms with Crippen LogP contribution in [-0.2, 0) is 0 Å². The van der Waals surface area contributed by atoms with Gasteiger partial charge in [-0.15, -0.1) is 0 Å². The summed E-state index contributed by atoms with van der Waals surface area (Å²) in [6, 6.07) is 8.74. The molecule has 0 fully saturated rings. The second-order valence-corrected chi connectivity index (χ2v) is 4.22. The van der Waals surface area contributed by atoms with Crippen LogP contribution >= 0.6 is 0 Å². The fourth-order valence-electron chi connectivity index (χ4n) is 1.91. The first-order chi connectivity index (χ1) is 10.1. The number of nitrogens with two attached hydrogens (primary N) is 1. The highest BCUT2D eigenvalue weighted by atomic mass is 19.1. The lowest BCUT2D eigenvalue weighted by atomic mass is 10.1. The van der Waals surface area contributed by atoms with E-state index in [9.17, 15) is 9.18 Å². The number of benzene rings is 2. The van der Waals surface area contributed by atoms with Crippen LogP contribution in [0, 0.1) is 5.82 Å². The van der Waals surface area contributed by atoms with E-state index >= 15 is 0 Å². The first-order valence-corrected chi connectivity index (χ1v) is 6.14. The second-order valence-electron chi connectivity index (χ2n) is 4.22. The summed E-state index contributed by atoms with van der Waals surface area (Å²) in [4.78, 5) is 12.4. The Hall–Kier alpha value is -2.76. The maximum atomic E-state index is 13.0. The number of nitrogens with one attached hydrogen (secondary N) is 1. The second kappa shape index (κ2) is 6.13. The summed E-state index contributed by atoms with van der Waals surface area (Å²) >= 11 is 0. The normalized spacial score (nSPS) is 10.0. The van der Waals surface area contributed by atoms with Gasteiger partial charge in [-0.3, -0.25) is 4.79 Å². The Kier molecular flexibility index (Phi) is 4.27. The van der Waals surface area contributed by atoms with E-state index in [4.69, 9.17) is 15.2 Å².